The number of hydrogen-bond donors (Lipinski definition) is 2. The Morgan fingerprint density at radius 2 is 1.63 bits per heavy atom. The fourth-order valence-electron chi connectivity index (χ4n) is 2.22. The van der Waals surface area contributed by atoms with Crippen LogP contribution in [0.15, 0.2) is 53.6 Å². The van der Waals surface area contributed by atoms with Crippen LogP contribution in [0.3, 0.4) is 0 Å². The van der Waals surface area contributed by atoms with Gasteiger partial charge >= 0.3 is 5.97 Å². The zero-order chi connectivity index (χ0) is 21.8. The number of nitrogens with zero attached hydrogens (tertiary/aromatic N) is 1. The van der Waals surface area contributed by atoms with E-state index >= 15 is 0 Å². The molecule has 0 heterocycles. The number of carbonyl (C=O) groups is 3. The molecule has 0 aliphatic carbocycles. The maximum atomic E-state index is 12.0. The number of ether oxygens (including phenoxy) is 3. The van der Waals surface area contributed by atoms with Crippen LogP contribution >= 0.6 is 0 Å². The zero-order valence-electron chi connectivity index (χ0n) is 16.7. The van der Waals surface area contributed by atoms with Crippen LogP contribution in [0.5, 0.6) is 11.5 Å². The van der Waals surface area contributed by atoms with E-state index in [9.17, 15) is 14.4 Å². The van der Waals surface area contributed by atoms with Gasteiger partial charge in [-0.05, 0) is 54.1 Å². The first kappa shape index (κ1) is 22.4. The number of nitrogens with one attached hydrogen (secondary N) is 2. The molecule has 0 aliphatic heterocycles. The molecule has 2 aromatic rings. The van der Waals surface area contributed by atoms with Gasteiger partial charge in [0.15, 0.2) is 6.61 Å². The summed E-state index contributed by atoms with van der Waals surface area (Å²) in [6.45, 7) is 0.00738. The molecule has 0 atom stereocenters. The van der Waals surface area contributed by atoms with Gasteiger partial charge in [-0.25, -0.2) is 10.2 Å². The SMILES string of the molecule is COC(=O)COc1ccc(C=NNC(=O)CCNC(=O)c2ccc(OC)cc2)cc1. The molecule has 0 saturated carbocycles. The van der Waals surface area contributed by atoms with Gasteiger partial charge in [-0.2, -0.15) is 5.10 Å². The minimum absolute atomic E-state index is 0.0829. The molecule has 0 bridgehead atoms. The maximum absolute atomic E-state index is 12.0. The van der Waals surface area contributed by atoms with Gasteiger partial charge in [0.25, 0.3) is 5.91 Å². The van der Waals surface area contributed by atoms with Crippen molar-refractivity contribution in [2.45, 2.75) is 6.42 Å². The van der Waals surface area contributed by atoms with E-state index in [1.54, 1.807) is 55.6 Å². The van der Waals surface area contributed by atoms with Gasteiger partial charge in [0.05, 0.1) is 20.4 Å². The quantitative estimate of drug-likeness (QED) is 0.347. The molecule has 30 heavy (non-hydrogen) atoms. The smallest absolute Gasteiger partial charge is 0.343 e. The molecule has 2 N–H and O–H groups in total. The van der Waals surface area contributed by atoms with Crippen molar-refractivity contribution in [1.29, 1.82) is 0 Å². The standard InChI is InChI=1S/C21H23N3O6/c1-28-17-9-5-16(6-10-17)21(27)22-12-11-19(25)24-23-13-15-3-7-18(8-4-15)30-14-20(26)29-2/h3-10,13H,11-12,14H2,1-2H3,(H,22,27)(H,24,25). The summed E-state index contributed by atoms with van der Waals surface area (Å²) in [5.74, 6) is 0.0904. The maximum Gasteiger partial charge on any atom is 0.343 e. The van der Waals surface area contributed by atoms with Crippen LogP contribution in [0.25, 0.3) is 0 Å². The first-order valence-corrected chi connectivity index (χ1v) is 9.05. The summed E-state index contributed by atoms with van der Waals surface area (Å²) in [5.41, 5.74) is 3.60. The van der Waals surface area contributed by atoms with Crippen molar-refractivity contribution in [2.24, 2.45) is 5.10 Å². The molecule has 0 aliphatic rings. The van der Waals surface area contributed by atoms with E-state index in [1.165, 1.54) is 13.3 Å². The summed E-state index contributed by atoms with van der Waals surface area (Å²) in [5, 5.41) is 6.53. The third-order valence-electron chi connectivity index (χ3n) is 3.86. The minimum atomic E-state index is -0.469. The van der Waals surface area contributed by atoms with Crippen LogP contribution in [0, 0.1) is 0 Å². The molecule has 2 amide bonds. The molecular formula is C21H23N3O6. The highest BCUT2D eigenvalue weighted by atomic mass is 16.6. The van der Waals surface area contributed by atoms with E-state index in [4.69, 9.17) is 9.47 Å². The number of amides is 2. The van der Waals surface area contributed by atoms with Crippen LogP contribution in [-0.2, 0) is 14.3 Å². The fraction of sp³-hybridized carbons (Fsp3) is 0.238. The van der Waals surface area contributed by atoms with Crippen LogP contribution in [-0.4, -0.2) is 51.4 Å². The highest BCUT2D eigenvalue weighted by molar-refractivity contribution is 5.94. The Kier molecular flexibility index (Phi) is 8.85. The Morgan fingerprint density at radius 3 is 2.27 bits per heavy atom. The molecule has 9 nitrogen and oxygen atoms in total. The lowest BCUT2D eigenvalue weighted by Gasteiger charge is -2.06. The van der Waals surface area contributed by atoms with Crippen molar-refractivity contribution in [3.05, 3.63) is 59.7 Å². The van der Waals surface area contributed by atoms with Gasteiger partial charge in [-0.15, -0.1) is 0 Å². The van der Waals surface area contributed by atoms with Crippen molar-refractivity contribution >= 4 is 24.0 Å². The predicted octanol–water partition coefficient (Wildman–Crippen LogP) is 1.52. The molecule has 0 spiro atoms. The van der Waals surface area contributed by atoms with Crippen LogP contribution < -0.4 is 20.2 Å². The Labute approximate surface area is 174 Å². The third kappa shape index (κ3) is 7.63. The second-order valence-electron chi connectivity index (χ2n) is 5.96. The predicted molar refractivity (Wildman–Crippen MR) is 110 cm³/mol. The largest absolute Gasteiger partial charge is 0.497 e. The molecule has 158 valence electrons. The lowest BCUT2D eigenvalue weighted by atomic mass is 10.2. The number of hydrogen-bond acceptors (Lipinski definition) is 7. The molecule has 0 fully saturated rings. The number of benzene rings is 2. The van der Waals surface area contributed by atoms with E-state index < -0.39 is 5.97 Å². The monoisotopic (exact) mass is 413 g/mol. The van der Waals surface area contributed by atoms with Crippen molar-refractivity contribution in [3.8, 4) is 11.5 Å². The van der Waals surface area contributed by atoms with Crippen molar-refractivity contribution in [1.82, 2.24) is 10.7 Å². The average molecular weight is 413 g/mol. The normalized spacial score (nSPS) is 10.3. The number of esters is 1. The van der Waals surface area contributed by atoms with E-state index in [0.717, 1.165) is 5.56 Å². The van der Waals surface area contributed by atoms with Gasteiger partial charge < -0.3 is 19.5 Å². The summed E-state index contributed by atoms with van der Waals surface area (Å²) in [7, 11) is 2.84. The second kappa shape index (κ2) is 11.8. The molecule has 0 unspecified atom stereocenters. The van der Waals surface area contributed by atoms with Crippen LogP contribution in [0.4, 0.5) is 0 Å². The summed E-state index contributed by atoms with van der Waals surface area (Å²) < 4.78 is 14.8. The first-order valence-electron chi connectivity index (χ1n) is 9.05. The number of carbonyl (C=O) groups excluding carboxylic acids is 3. The summed E-state index contributed by atoms with van der Waals surface area (Å²) in [6.07, 6.45) is 1.55. The molecule has 2 rings (SSSR count). The molecule has 0 aromatic heterocycles. The Bertz CT molecular complexity index is 879. The average Bonchev–Trinajstić information content (AvgIpc) is 2.78. The Hall–Kier alpha value is -3.88. The summed E-state index contributed by atoms with van der Waals surface area (Å²) in [4.78, 5) is 34.8. The number of methoxy groups -OCH3 is 2. The Balaban J connectivity index is 1.69. The molecule has 9 heteroatoms. The topological polar surface area (TPSA) is 115 Å². The van der Waals surface area contributed by atoms with Crippen molar-refractivity contribution in [3.63, 3.8) is 0 Å². The van der Waals surface area contributed by atoms with Crippen LogP contribution in [0.2, 0.25) is 0 Å². The summed E-state index contributed by atoms with van der Waals surface area (Å²) >= 11 is 0. The fourth-order valence-corrected chi connectivity index (χ4v) is 2.22. The van der Waals surface area contributed by atoms with E-state index in [0.29, 0.717) is 17.1 Å². The third-order valence-corrected chi connectivity index (χ3v) is 3.86. The van der Waals surface area contributed by atoms with Crippen LogP contribution in [0.1, 0.15) is 22.3 Å². The minimum Gasteiger partial charge on any atom is -0.497 e. The first-order chi connectivity index (χ1) is 14.5. The second-order valence-corrected chi connectivity index (χ2v) is 5.96. The van der Waals surface area contributed by atoms with E-state index in [-0.39, 0.29) is 31.4 Å². The highest BCUT2D eigenvalue weighted by Gasteiger charge is 2.06. The van der Waals surface area contributed by atoms with Gasteiger partial charge in [0, 0.05) is 18.5 Å². The lowest BCUT2D eigenvalue weighted by molar-refractivity contribution is -0.142. The lowest BCUT2D eigenvalue weighted by Crippen LogP contribution is -2.29. The zero-order valence-corrected chi connectivity index (χ0v) is 16.7. The highest BCUT2D eigenvalue weighted by Crippen LogP contribution is 2.11. The van der Waals surface area contributed by atoms with Gasteiger partial charge in [0.2, 0.25) is 5.91 Å². The van der Waals surface area contributed by atoms with E-state index in [2.05, 4.69) is 20.6 Å². The van der Waals surface area contributed by atoms with Gasteiger partial charge in [0.1, 0.15) is 11.5 Å². The summed E-state index contributed by atoms with van der Waals surface area (Å²) in [6, 6.07) is 13.4. The molecule has 2 aromatic carbocycles. The van der Waals surface area contributed by atoms with Gasteiger partial charge in [-0.1, -0.05) is 0 Å². The number of rotatable bonds is 10. The van der Waals surface area contributed by atoms with E-state index in [1.807, 2.05) is 0 Å². The molecule has 0 radical (unpaired) electrons. The van der Waals surface area contributed by atoms with Crippen molar-refractivity contribution < 1.29 is 28.6 Å². The number of hydrazone groups is 1. The van der Waals surface area contributed by atoms with Crippen molar-refractivity contribution in [2.75, 3.05) is 27.4 Å². The Morgan fingerprint density at radius 1 is 0.967 bits per heavy atom. The molecular weight excluding hydrogens is 390 g/mol. The van der Waals surface area contributed by atoms with Gasteiger partial charge in [-0.3, -0.25) is 9.59 Å². The molecule has 0 saturated heterocycles.